The minimum atomic E-state index is -0.313. The summed E-state index contributed by atoms with van der Waals surface area (Å²) in [5.74, 6) is 0.288. The standard InChI is InChI=1S/C105H113NO2/c1-9-13-17-21-37-61-104(62-38-22-18-14-10-2)85-48-34-31-45-79(85)98-100(104)99-96(97-82-47-33-36-50-92(82)108-101(97)98)80-58-56-77(68-90(80)105(99,63-39-23-19-15-11-3)64-40-24-20-16-12-4)106(75-53-51-73(52-54-75)74(65-71-41-27-25-28-42-71)66-72-43-29-26-30-44-72)76-55-57-78-83-69-89-84(70-88(83)103(7,8)87(78)67-76)94-86(102(89,5)6)59-60-93-95(94)81-46-32-35-49-91(81)107-93/h25-36,41-60,67-70,74H,9-24,37-40,61-66H2,1-8H3. The van der Waals surface area contributed by atoms with Gasteiger partial charge in [0.05, 0.1) is 0 Å². The summed E-state index contributed by atoms with van der Waals surface area (Å²) in [5.41, 5.74) is 33.8. The molecule has 2 heterocycles. The van der Waals surface area contributed by atoms with Gasteiger partial charge in [0, 0.05) is 65.8 Å². The molecule has 4 aliphatic rings. The molecule has 0 aliphatic heterocycles. The molecule has 0 fully saturated rings. The van der Waals surface area contributed by atoms with Gasteiger partial charge in [0.2, 0.25) is 0 Å². The molecule has 550 valence electrons. The van der Waals surface area contributed by atoms with Gasteiger partial charge in [0.1, 0.15) is 22.3 Å². The maximum Gasteiger partial charge on any atom is 0.144 e. The molecule has 0 unspecified atom stereocenters. The second-order valence-corrected chi connectivity index (χ2v) is 34.3. The predicted octanol–water partition coefficient (Wildman–Crippen LogP) is 31.1. The smallest absolute Gasteiger partial charge is 0.144 e. The lowest BCUT2D eigenvalue weighted by Crippen LogP contribution is -2.33. The Hall–Kier alpha value is -9.18. The Morgan fingerprint density at radius 3 is 1.34 bits per heavy atom. The Kier molecular flexibility index (Phi) is 19.9. The third-order valence-corrected chi connectivity index (χ3v) is 26.9. The first-order valence-electron chi connectivity index (χ1n) is 42.5. The Balaban J connectivity index is 0.890. The highest BCUT2D eigenvalue weighted by Gasteiger charge is 2.54. The molecule has 0 N–H and O–H groups in total. The molecule has 0 amide bonds. The van der Waals surface area contributed by atoms with Crippen LogP contribution in [0.15, 0.2) is 227 Å². The predicted molar refractivity (Wildman–Crippen MR) is 460 cm³/mol. The van der Waals surface area contributed by atoms with E-state index in [1.54, 1.807) is 16.7 Å². The maximum absolute atomic E-state index is 7.63. The zero-order valence-corrected chi connectivity index (χ0v) is 66.0. The summed E-state index contributed by atoms with van der Waals surface area (Å²) in [7, 11) is 0. The molecule has 108 heavy (non-hydrogen) atoms. The lowest BCUT2D eigenvalue weighted by atomic mass is 9.62. The Morgan fingerprint density at radius 2 is 0.750 bits per heavy atom. The van der Waals surface area contributed by atoms with Crippen molar-refractivity contribution in [1.82, 2.24) is 0 Å². The first-order chi connectivity index (χ1) is 52.9. The average molecular weight is 1420 g/mol. The molecule has 17 rings (SSSR count). The van der Waals surface area contributed by atoms with Gasteiger partial charge in [-0.25, -0.2) is 0 Å². The molecule has 0 atom stereocenters. The first kappa shape index (κ1) is 71.7. The maximum atomic E-state index is 7.63. The topological polar surface area (TPSA) is 29.5 Å². The van der Waals surface area contributed by atoms with Crippen LogP contribution in [0.5, 0.6) is 0 Å². The quantitative estimate of drug-likeness (QED) is 0.0394. The molecule has 0 bridgehead atoms. The van der Waals surface area contributed by atoms with Crippen LogP contribution >= 0.6 is 0 Å². The van der Waals surface area contributed by atoms with E-state index in [9.17, 15) is 0 Å². The third kappa shape index (κ3) is 12.3. The molecular weight excluding hydrogens is 1310 g/mol. The monoisotopic (exact) mass is 1420 g/mol. The van der Waals surface area contributed by atoms with Crippen LogP contribution in [0.25, 0.3) is 88.4 Å². The molecule has 0 saturated heterocycles. The summed E-state index contributed by atoms with van der Waals surface area (Å²) in [4.78, 5) is 2.68. The van der Waals surface area contributed by atoms with Gasteiger partial charge >= 0.3 is 0 Å². The molecular formula is C105H113NO2. The number of furan rings is 2. The van der Waals surface area contributed by atoms with Crippen LogP contribution in [-0.2, 0) is 34.5 Å². The van der Waals surface area contributed by atoms with E-state index in [4.69, 9.17) is 8.83 Å². The number of anilines is 3. The van der Waals surface area contributed by atoms with Crippen molar-refractivity contribution in [2.45, 2.75) is 250 Å². The van der Waals surface area contributed by atoms with Crippen LogP contribution in [0.3, 0.4) is 0 Å². The van der Waals surface area contributed by atoms with E-state index >= 15 is 0 Å². The van der Waals surface area contributed by atoms with Crippen molar-refractivity contribution in [2.75, 3.05) is 4.90 Å². The van der Waals surface area contributed by atoms with Crippen molar-refractivity contribution in [1.29, 1.82) is 0 Å². The number of fused-ring (bicyclic) bond motifs is 22. The van der Waals surface area contributed by atoms with Crippen molar-refractivity contribution >= 4 is 60.9 Å². The van der Waals surface area contributed by atoms with Gasteiger partial charge < -0.3 is 13.7 Å². The lowest BCUT2D eigenvalue weighted by Gasteiger charge is -2.40. The number of unbranched alkanes of at least 4 members (excludes halogenated alkanes) is 16. The molecule has 2 aromatic heterocycles. The van der Waals surface area contributed by atoms with Crippen molar-refractivity contribution in [3.8, 4) is 44.5 Å². The van der Waals surface area contributed by atoms with Gasteiger partial charge in [-0.05, 0) is 211 Å². The van der Waals surface area contributed by atoms with Crippen molar-refractivity contribution < 1.29 is 8.83 Å². The molecule has 0 radical (unpaired) electrons. The summed E-state index contributed by atoms with van der Waals surface area (Å²) in [6, 6.07) is 85.2. The second-order valence-electron chi connectivity index (χ2n) is 34.3. The molecule has 4 aliphatic carbocycles. The highest BCUT2D eigenvalue weighted by Crippen LogP contribution is 2.68. The Morgan fingerprint density at radius 1 is 0.306 bits per heavy atom. The number of benzene rings is 11. The molecule has 0 spiro atoms. The molecule has 3 nitrogen and oxygen atoms in total. The first-order valence-corrected chi connectivity index (χ1v) is 42.5. The fraction of sp³-hybridized carbons (Fsp3) is 0.371. The van der Waals surface area contributed by atoms with Crippen molar-refractivity contribution in [2.24, 2.45) is 0 Å². The van der Waals surface area contributed by atoms with E-state index < -0.39 is 0 Å². The van der Waals surface area contributed by atoms with Crippen molar-refractivity contribution in [3.05, 3.63) is 280 Å². The number of hydrogen-bond acceptors (Lipinski definition) is 3. The SMILES string of the molecule is CCCCCCCC1(CCCCCCC)c2ccccc2-c2c1c1c(c3c2oc2ccccc23)-c2ccc(N(c3ccc(C(Cc4ccccc4)Cc4ccccc4)cc3)c3ccc4c(c3)C(C)(C)c3cc5c(cc3-4)C(C)(C)c3ccc4oc6ccccc6c4c3-5)cc2C1(CCCCCCC)CCCCCCC. The van der Waals surface area contributed by atoms with Crippen LogP contribution in [0.1, 0.15) is 277 Å². The van der Waals surface area contributed by atoms with Crippen LogP contribution in [-0.4, -0.2) is 0 Å². The number of rotatable bonds is 32. The van der Waals surface area contributed by atoms with E-state index in [1.807, 2.05) is 0 Å². The van der Waals surface area contributed by atoms with E-state index in [-0.39, 0.29) is 27.6 Å². The molecule has 13 aromatic rings. The van der Waals surface area contributed by atoms with Crippen LogP contribution < -0.4 is 4.90 Å². The highest BCUT2D eigenvalue weighted by molar-refractivity contribution is 6.21. The highest BCUT2D eigenvalue weighted by atomic mass is 16.3. The zero-order chi connectivity index (χ0) is 73.7. The van der Waals surface area contributed by atoms with E-state index in [0.717, 1.165) is 60.9 Å². The second kappa shape index (κ2) is 30.0. The fourth-order valence-corrected chi connectivity index (χ4v) is 21.4. The minimum Gasteiger partial charge on any atom is -0.456 e. The Labute approximate surface area is 644 Å². The van der Waals surface area contributed by atoms with Gasteiger partial charge in [-0.15, -0.1) is 0 Å². The minimum absolute atomic E-state index is 0.164. The zero-order valence-electron chi connectivity index (χ0n) is 66.0. The molecule has 3 heteroatoms. The van der Waals surface area contributed by atoms with E-state index in [2.05, 4.69) is 279 Å². The van der Waals surface area contributed by atoms with Gasteiger partial charge in [0.15, 0.2) is 0 Å². The fourth-order valence-electron chi connectivity index (χ4n) is 21.4. The van der Waals surface area contributed by atoms with Crippen LogP contribution in [0, 0.1) is 0 Å². The summed E-state index contributed by atoms with van der Waals surface area (Å²) in [6.45, 7) is 19.4. The summed E-state index contributed by atoms with van der Waals surface area (Å²) in [5, 5.41) is 5.01. The summed E-state index contributed by atoms with van der Waals surface area (Å²) < 4.78 is 14.3. The average Bonchev–Trinajstić information content (AvgIpc) is 1.49. The summed E-state index contributed by atoms with van der Waals surface area (Å²) >= 11 is 0. The number of para-hydroxylation sites is 2. The van der Waals surface area contributed by atoms with Crippen molar-refractivity contribution in [3.63, 3.8) is 0 Å². The normalized spacial score (nSPS) is 14.9. The van der Waals surface area contributed by atoms with Gasteiger partial charge in [-0.3, -0.25) is 0 Å². The van der Waals surface area contributed by atoms with Crippen LogP contribution in [0.4, 0.5) is 17.1 Å². The number of nitrogens with zero attached hydrogens (tertiary/aromatic N) is 1. The van der Waals surface area contributed by atoms with E-state index in [1.165, 1.54) is 256 Å². The Bertz CT molecular complexity index is 5350. The van der Waals surface area contributed by atoms with Crippen LogP contribution in [0.2, 0.25) is 0 Å². The summed E-state index contributed by atoms with van der Waals surface area (Å²) in [6.07, 6.45) is 31.6. The lowest BCUT2D eigenvalue weighted by molar-refractivity contribution is 0.369. The third-order valence-electron chi connectivity index (χ3n) is 26.9. The van der Waals surface area contributed by atoms with E-state index in [0.29, 0.717) is 0 Å². The molecule has 0 saturated carbocycles. The van der Waals surface area contributed by atoms with Gasteiger partial charge in [-0.2, -0.15) is 0 Å². The number of hydrogen-bond donors (Lipinski definition) is 0. The van der Waals surface area contributed by atoms with Gasteiger partial charge in [-0.1, -0.05) is 335 Å². The largest absolute Gasteiger partial charge is 0.456 e. The molecule has 11 aromatic carbocycles. The van der Waals surface area contributed by atoms with Gasteiger partial charge in [0.25, 0.3) is 0 Å².